The van der Waals surface area contributed by atoms with E-state index in [0.29, 0.717) is 0 Å². The van der Waals surface area contributed by atoms with Crippen LogP contribution in [0.5, 0.6) is 0 Å². The molecule has 0 aromatic heterocycles. The number of nitrogen functional groups attached to an aromatic ring is 1. The zero-order chi connectivity index (χ0) is 18.2. The fourth-order valence-corrected chi connectivity index (χ4v) is 3.14. The molecule has 0 radical (unpaired) electrons. The fourth-order valence-electron chi connectivity index (χ4n) is 3.14. The molecule has 0 spiro atoms. The van der Waals surface area contributed by atoms with Gasteiger partial charge in [-0.2, -0.15) is 0 Å². The average Bonchev–Trinajstić information content (AvgIpc) is 2.61. The molecule has 2 nitrogen and oxygen atoms in total. The molecular formula is C23H30N2. The second-order valence-corrected chi connectivity index (χ2v) is 6.59. The fraction of sp³-hybridized carbons (Fsp3) is 0.348. The first-order valence-electron chi connectivity index (χ1n) is 9.16. The Morgan fingerprint density at radius 2 is 1.84 bits per heavy atom. The third-order valence-electron chi connectivity index (χ3n) is 4.72. The maximum absolute atomic E-state index is 5.85. The molecule has 0 aliphatic rings. The van der Waals surface area contributed by atoms with Gasteiger partial charge in [0, 0.05) is 23.5 Å². The standard InChI is InChI=1S/C23H30N2/c1-5-7-11-23(25-6-2)22(16-19-12-14-20(24)15-13-19)21-10-8-9-17(3)18(21)4/h6,8-15,22H,5,7,16,24H2,1-4H3/b23-11-,25-6?. The number of anilines is 1. The molecule has 0 amide bonds. The van der Waals surface area contributed by atoms with Crippen LogP contribution < -0.4 is 5.73 Å². The van der Waals surface area contributed by atoms with Crippen molar-refractivity contribution >= 4 is 11.9 Å². The Balaban J connectivity index is 2.49. The highest BCUT2D eigenvalue weighted by molar-refractivity contribution is 5.56. The summed E-state index contributed by atoms with van der Waals surface area (Å²) in [6, 6.07) is 14.8. The highest BCUT2D eigenvalue weighted by Crippen LogP contribution is 2.33. The third-order valence-corrected chi connectivity index (χ3v) is 4.72. The number of allylic oxidation sites excluding steroid dienone is 2. The van der Waals surface area contributed by atoms with E-state index in [4.69, 9.17) is 10.7 Å². The predicted molar refractivity (Wildman–Crippen MR) is 110 cm³/mol. The van der Waals surface area contributed by atoms with Gasteiger partial charge in [0.1, 0.15) is 0 Å². The Kier molecular flexibility index (Phi) is 7.00. The summed E-state index contributed by atoms with van der Waals surface area (Å²) in [6.07, 6.45) is 7.31. The molecule has 0 fully saturated rings. The smallest absolute Gasteiger partial charge is 0.0437 e. The Morgan fingerprint density at radius 1 is 1.12 bits per heavy atom. The molecule has 1 unspecified atom stereocenters. The maximum atomic E-state index is 5.85. The maximum Gasteiger partial charge on any atom is 0.0437 e. The van der Waals surface area contributed by atoms with E-state index in [-0.39, 0.29) is 5.92 Å². The van der Waals surface area contributed by atoms with E-state index in [1.165, 1.54) is 22.3 Å². The minimum atomic E-state index is 0.256. The zero-order valence-corrected chi connectivity index (χ0v) is 15.9. The Hall–Kier alpha value is -2.35. The molecule has 0 heterocycles. The number of nitrogens with zero attached hydrogens (tertiary/aromatic N) is 1. The van der Waals surface area contributed by atoms with Crippen LogP contribution >= 0.6 is 0 Å². The third kappa shape index (κ3) is 5.06. The SMILES string of the molecule is CC=N/C(=C\CCC)C(Cc1ccc(N)cc1)c1cccc(C)c1C. The van der Waals surface area contributed by atoms with Crippen molar-refractivity contribution in [3.63, 3.8) is 0 Å². The minimum absolute atomic E-state index is 0.256. The minimum Gasteiger partial charge on any atom is -0.399 e. The molecule has 2 N–H and O–H groups in total. The highest BCUT2D eigenvalue weighted by Gasteiger charge is 2.19. The summed E-state index contributed by atoms with van der Waals surface area (Å²) in [5.74, 6) is 0.256. The molecule has 0 aliphatic carbocycles. The zero-order valence-electron chi connectivity index (χ0n) is 15.9. The van der Waals surface area contributed by atoms with Crippen molar-refractivity contribution in [2.24, 2.45) is 4.99 Å². The lowest BCUT2D eigenvalue weighted by Gasteiger charge is -2.22. The van der Waals surface area contributed by atoms with Gasteiger partial charge in [-0.05, 0) is 68.0 Å². The van der Waals surface area contributed by atoms with Gasteiger partial charge in [0.15, 0.2) is 0 Å². The van der Waals surface area contributed by atoms with Crippen molar-refractivity contribution in [2.75, 3.05) is 5.73 Å². The Labute approximate surface area is 152 Å². The van der Waals surface area contributed by atoms with E-state index in [1.54, 1.807) is 0 Å². The number of aliphatic imine (C=N–C) groups is 1. The molecule has 1 atom stereocenters. The number of aryl methyl sites for hydroxylation is 1. The summed E-state index contributed by atoms with van der Waals surface area (Å²) in [6.45, 7) is 8.59. The molecule has 0 bridgehead atoms. The second-order valence-electron chi connectivity index (χ2n) is 6.59. The molecular weight excluding hydrogens is 304 g/mol. The van der Waals surface area contributed by atoms with Gasteiger partial charge in [-0.3, -0.25) is 4.99 Å². The van der Waals surface area contributed by atoms with Crippen LogP contribution in [-0.2, 0) is 6.42 Å². The van der Waals surface area contributed by atoms with Crippen molar-refractivity contribution in [2.45, 2.75) is 52.9 Å². The van der Waals surface area contributed by atoms with E-state index in [1.807, 2.05) is 25.3 Å². The van der Waals surface area contributed by atoms with Crippen LogP contribution in [0.3, 0.4) is 0 Å². The van der Waals surface area contributed by atoms with Gasteiger partial charge in [-0.25, -0.2) is 0 Å². The average molecular weight is 335 g/mol. The van der Waals surface area contributed by atoms with E-state index in [2.05, 4.69) is 57.2 Å². The van der Waals surface area contributed by atoms with Crippen molar-refractivity contribution in [1.82, 2.24) is 0 Å². The van der Waals surface area contributed by atoms with Crippen molar-refractivity contribution in [3.8, 4) is 0 Å². The van der Waals surface area contributed by atoms with Gasteiger partial charge in [-0.15, -0.1) is 0 Å². The van der Waals surface area contributed by atoms with Crippen LogP contribution in [0.25, 0.3) is 0 Å². The molecule has 2 heteroatoms. The number of nitrogens with two attached hydrogens (primary N) is 1. The van der Waals surface area contributed by atoms with E-state index in [9.17, 15) is 0 Å². The number of rotatable bonds is 7. The van der Waals surface area contributed by atoms with Gasteiger partial charge in [0.2, 0.25) is 0 Å². The quantitative estimate of drug-likeness (QED) is 0.490. The largest absolute Gasteiger partial charge is 0.399 e. The van der Waals surface area contributed by atoms with Crippen molar-refractivity contribution in [1.29, 1.82) is 0 Å². The molecule has 2 aromatic carbocycles. The van der Waals surface area contributed by atoms with Gasteiger partial charge >= 0.3 is 0 Å². The summed E-state index contributed by atoms with van der Waals surface area (Å²) < 4.78 is 0. The first kappa shape index (κ1) is 19.0. The topological polar surface area (TPSA) is 38.4 Å². The van der Waals surface area contributed by atoms with Crippen LogP contribution in [0.1, 0.15) is 54.9 Å². The molecule has 0 aliphatic heterocycles. The normalized spacial score (nSPS) is 13.4. The number of hydrogen-bond acceptors (Lipinski definition) is 2. The molecule has 2 aromatic rings. The van der Waals surface area contributed by atoms with Crippen molar-refractivity contribution < 1.29 is 0 Å². The van der Waals surface area contributed by atoms with Crippen LogP contribution in [0.4, 0.5) is 5.69 Å². The van der Waals surface area contributed by atoms with E-state index < -0.39 is 0 Å². The first-order chi connectivity index (χ1) is 12.1. The van der Waals surface area contributed by atoms with Crippen molar-refractivity contribution in [3.05, 3.63) is 76.5 Å². The monoisotopic (exact) mass is 334 g/mol. The summed E-state index contributed by atoms with van der Waals surface area (Å²) in [4.78, 5) is 4.73. The molecule has 2 rings (SSSR count). The lowest BCUT2D eigenvalue weighted by atomic mass is 9.85. The number of hydrogen-bond donors (Lipinski definition) is 1. The molecule has 0 saturated heterocycles. The second kappa shape index (κ2) is 9.22. The summed E-state index contributed by atoms with van der Waals surface area (Å²) in [5, 5.41) is 0. The lowest BCUT2D eigenvalue weighted by Crippen LogP contribution is -2.09. The van der Waals surface area contributed by atoms with E-state index >= 15 is 0 Å². The number of unbranched alkanes of at least 4 members (excludes halogenated alkanes) is 1. The number of benzene rings is 2. The lowest BCUT2D eigenvalue weighted by molar-refractivity contribution is 0.759. The molecule has 0 saturated carbocycles. The predicted octanol–water partition coefficient (Wildman–Crippen LogP) is 5.99. The first-order valence-corrected chi connectivity index (χ1v) is 9.16. The Morgan fingerprint density at radius 3 is 2.48 bits per heavy atom. The molecule has 25 heavy (non-hydrogen) atoms. The van der Waals surface area contributed by atoms with Crippen LogP contribution in [0, 0.1) is 13.8 Å². The van der Waals surface area contributed by atoms with Crippen LogP contribution in [0.2, 0.25) is 0 Å². The summed E-state index contributed by atoms with van der Waals surface area (Å²) in [5.41, 5.74) is 13.2. The summed E-state index contributed by atoms with van der Waals surface area (Å²) >= 11 is 0. The van der Waals surface area contributed by atoms with Gasteiger partial charge in [0.05, 0.1) is 0 Å². The van der Waals surface area contributed by atoms with Crippen LogP contribution in [0.15, 0.2) is 59.2 Å². The van der Waals surface area contributed by atoms with Crippen LogP contribution in [-0.4, -0.2) is 6.21 Å². The molecule has 132 valence electrons. The van der Waals surface area contributed by atoms with Gasteiger partial charge in [0.25, 0.3) is 0 Å². The highest BCUT2D eigenvalue weighted by atomic mass is 14.7. The summed E-state index contributed by atoms with van der Waals surface area (Å²) in [7, 11) is 0. The van der Waals surface area contributed by atoms with Gasteiger partial charge in [-0.1, -0.05) is 49.8 Å². The van der Waals surface area contributed by atoms with Gasteiger partial charge < -0.3 is 5.73 Å². The Bertz CT molecular complexity index is 739. The van der Waals surface area contributed by atoms with E-state index in [0.717, 1.165) is 30.6 Å².